The van der Waals surface area contributed by atoms with Crippen LogP contribution < -0.4 is 20.5 Å². The highest BCUT2D eigenvalue weighted by atomic mass is 35.5. The first-order chi connectivity index (χ1) is 9.08. The van der Waals surface area contributed by atoms with Crippen molar-refractivity contribution in [2.45, 2.75) is 13.8 Å². The fraction of sp³-hybridized carbons (Fsp3) is 0.500. The van der Waals surface area contributed by atoms with E-state index in [-0.39, 0.29) is 18.3 Å². The van der Waals surface area contributed by atoms with Crippen LogP contribution in [0.1, 0.15) is 24.2 Å². The van der Waals surface area contributed by atoms with Gasteiger partial charge in [0.1, 0.15) is 0 Å². The summed E-state index contributed by atoms with van der Waals surface area (Å²) in [6, 6.07) is 5.13. The van der Waals surface area contributed by atoms with Crippen LogP contribution in [0, 0.1) is 5.92 Å². The van der Waals surface area contributed by atoms with Crippen LogP contribution in [0.3, 0.4) is 0 Å². The van der Waals surface area contributed by atoms with Gasteiger partial charge in [-0.2, -0.15) is 0 Å². The summed E-state index contributed by atoms with van der Waals surface area (Å²) >= 11 is 0. The number of halogens is 1. The highest BCUT2D eigenvalue weighted by molar-refractivity contribution is 5.94. The van der Waals surface area contributed by atoms with Crippen molar-refractivity contribution in [3.8, 4) is 11.5 Å². The summed E-state index contributed by atoms with van der Waals surface area (Å²) in [6.45, 7) is 5.61. The van der Waals surface area contributed by atoms with Crippen LogP contribution >= 0.6 is 12.4 Å². The highest BCUT2D eigenvalue weighted by Crippen LogP contribution is 2.28. The summed E-state index contributed by atoms with van der Waals surface area (Å²) in [6.07, 6.45) is 0. The maximum atomic E-state index is 11.8. The molecule has 1 rings (SSSR count). The number of hydrogen-bond acceptors (Lipinski definition) is 4. The fourth-order valence-corrected chi connectivity index (χ4v) is 1.47. The zero-order chi connectivity index (χ0) is 14.3. The van der Waals surface area contributed by atoms with Crippen LogP contribution in [0.2, 0.25) is 0 Å². The molecule has 0 fully saturated rings. The van der Waals surface area contributed by atoms with Gasteiger partial charge in [-0.15, -0.1) is 12.4 Å². The third-order valence-corrected chi connectivity index (χ3v) is 2.43. The highest BCUT2D eigenvalue weighted by Gasteiger charge is 2.11. The largest absolute Gasteiger partial charge is 0.493 e. The molecule has 0 saturated carbocycles. The molecule has 1 aromatic rings. The molecule has 20 heavy (non-hydrogen) atoms. The van der Waals surface area contributed by atoms with E-state index in [1.807, 2.05) is 0 Å². The van der Waals surface area contributed by atoms with Gasteiger partial charge < -0.3 is 20.5 Å². The van der Waals surface area contributed by atoms with Gasteiger partial charge in [0.25, 0.3) is 5.91 Å². The van der Waals surface area contributed by atoms with E-state index in [0.717, 1.165) is 0 Å². The predicted molar refractivity (Wildman–Crippen MR) is 82.0 cm³/mol. The Hall–Kier alpha value is -1.46. The molecule has 0 radical (unpaired) electrons. The maximum absolute atomic E-state index is 11.8. The van der Waals surface area contributed by atoms with Crippen LogP contribution in [0.5, 0.6) is 11.5 Å². The summed E-state index contributed by atoms with van der Waals surface area (Å²) in [7, 11) is 1.55. The first-order valence-corrected chi connectivity index (χ1v) is 6.37. The zero-order valence-corrected chi connectivity index (χ0v) is 13.0. The Bertz CT molecular complexity index is 425. The molecule has 0 unspecified atom stereocenters. The van der Waals surface area contributed by atoms with E-state index in [9.17, 15) is 4.79 Å². The SMILES string of the molecule is COc1cc(C(=O)NCCN)ccc1OCC(C)C.Cl. The number of carbonyl (C=O) groups excluding carboxylic acids is 1. The minimum Gasteiger partial charge on any atom is -0.493 e. The van der Waals surface area contributed by atoms with Crippen molar-refractivity contribution in [2.24, 2.45) is 11.7 Å². The number of carbonyl (C=O) groups is 1. The molecule has 6 heteroatoms. The van der Waals surface area contributed by atoms with Gasteiger partial charge in [-0.3, -0.25) is 4.79 Å². The van der Waals surface area contributed by atoms with E-state index >= 15 is 0 Å². The van der Waals surface area contributed by atoms with Gasteiger partial charge in [0.05, 0.1) is 13.7 Å². The van der Waals surface area contributed by atoms with Crippen molar-refractivity contribution in [1.29, 1.82) is 0 Å². The summed E-state index contributed by atoms with van der Waals surface area (Å²) in [5, 5.41) is 2.71. The smallest absolute Gasteiger partial charge is 0.251 e. The maximum Gasteiger partial charge on any atom is 0.251 e. The first kappa shape index (κ1) is 18.5. The Kier molecular flexibility index (Phi) is 8.76. The minimum absolute atomic E-state index is 0. The number of ether oxygens (including phenoxy) is 2. The number of benzene rings is 1. The summed E-state index contributed by atoms with van der Waals surface area (Å²) in [5.41, 5.74) is 5.87. The summed E-state index contributed by atoms with van der Waals surface area (Å²) in [5.74, 6) is 1.46. The second-order valence-electron chi connectivity index (χ2n) is 4.62. The molecule has 0 atom stereocenters. The molecule has 3 N–H and O–H groups in total. The van der Waals surface area contributed by atoms with Gasteiger partial charge in [-0.05, 0) is 24.1 Å². The van der Waals surface area contributed by atoms with E-state index in [1.165, 1.54) is 0 Å². The van der Waals surface area contributed by atoms with E-state index < -0.39 is 0 Å². The third kappa shape index (κ3) is 5.67. The van der Waals surface area contributed by atoms with E-state index in [0.29, 0.717) is 42.7 Å². The molecule has 1 amide bonds. The minimum atomic E-state index is -0.167. The van der Waals surface area contributed by atoms with Gasteiger partial charge in [-0.25, -0.2) is 0 Å². The Morgan fingerprint density at radius 3 is 2.60 bits per heavy atom. The number of hydrogen-bond donors (Lipinski definition) is 2. The Morgan fingerprint density at radius 1 is 1.35 bits per heavy atom. The molecule has 0 aliphatic rings. The first-order valence-electron chi connectivity index (χ1n) is 6.37. The molecule has 114 valence electrons. The molecular weight excluding hydrogens is 280 g/mol. The molecule has 0 bridgehead atoms. The summed E-state index contributed by atoms with van der Waals surface area (Å²) in [4.78, 5) is 11.8. The molecular formula is C14H23ClN2O3. The third-order valence-electron chi connectivity index (χ3n) is 2.43. The quantitative estimate of drug-likeness (QED) is 0.806. The molecule has 0 saturated heterocycles. The predicted octanol–water partition coefficient (Wildman–Crippen LogP) is 1.84. The van der Waals surface area contributed by atoms with Gasteiger partial charge in [0.15, 0.2) is 11.5 Å². The van der Waals surface area contributed by atoms with Gasteiger partial charge in [0.2, 0.25) is 0 Å². The van der Waals surface area contributed by atoms with Crippen molar-refractivity contribution < 1.29 is 14.3 Å². The molecule has 0 spiro atoms. The van der Waals surface area contributed by atoms with Gasteiger partial charge in [0, 0.05) is 18.7 Å². The Balaban J connectivity index is 0.00000361. The van der Waals surface area contributed by atoms with Crippen LogP contribution in [0.25, 0.3) is 0 Å². The van der Waals surface area contributed by atoms with Gasteiger partial charge in [-0.1, -0.05) is 13.8 Å². The molecule has 0 aromatic heterocycles. The lowest BCUT2D eigenvalue weighted by Gasteiger charge is -2.13. The molecule has 0 aliphatic carbocycles. The van der Waals surface area contributed by atoms with E-state index in [2.05, 4.69) is 19.2 Å². The lowest BCUT2D eigenvalue weighted by molar-refractivity contribution is 0.0954. The van der Waals surface area contributed by atoms with E-state index in [1.54, 1.807) is 25.3 Å². The average Bonchev–Trinajstić information content (AvgIpc) is 2.42. The lowest BCUT2D eigenvalue weighted by atomic mass is 10.2. The molecule has 0 heterocycles. The second kappa shape index (κ2) is 9.44. The van der Waals surface area contributed by atoms with Crippen molar-refractivity contribution in [3.63, 3.8) is 0 Å². The molecule has 1 aromatic carbocycles. The standard InChI is InChI=1S/C14H22N2O3.ClH/c1-10(2)9-19-12-5-4-11(8-13(12)18-3)14(17)16-7-6-15;/h4-5,8,10H,6-7,9,15H2,1-3H3,(H,16,17);1H. The lowest BCUT2D eigenvalue weighted by Crippen LogP contribution is -2.28. The van der Waals surface area contributed by atoms with Gasteiger partial charge >= 0.3 is 0 Å². The monoisotopic (exact) mass is 302 g/mol. The molecule has 5 nitrogen and oxygen atoms in total. The number of methoxy groups -OCH3 is 1. The van der Waals surface area contributed by atoms with Crippen molar-refractivity contribution in [3.05, 3.63) is 23.8 Å². The van der Waals surface area contributed by atoms with Crippen LogP contribution in [-0.4, -0.2) is 32.7 Å². The van der Waals surface area contributed by atoms with Crippen LogP contribution in [-0.2, 0) is 0 Å². The van der Waals surface area contributed by atoms with Crippen molar-refractivity contribution in [1.82, 2.24) is 5.32 Å². The number of amides is 1. The van der Waals surface area contributed by atoms with Crippen LogP contribution in [0.15, 0.2) is 18.2 Å². The number of rotatable bonds is 7. The fourth-order valence-electron chi connectivity index (χ4n) is 1.47. The number of nitrogens with one attached hydrogen (secondary N) is 1. The van der Waals surface area contributed by atoms with E-state index in [4.69, 9.17) is 15.2 Å². The van der Waals surface area contributed by atoms with Crippen molar-refractivity contribution >= 4 is 18.3 Å². The topological polar surface area (TPSA) is 73.6 Å². The average molecular weight is 303 g/mol. The summed E-state index contributed by atoms with van der Waals surface area (Å²) < 4.78 is 10.9. The zero-order valence-electron chi connectivity index (χ0n) is 12.1. The molecule has 0 aliphatic heterocycles. The van der Waals surface area contributed by atoms with Crippen molar-refractivity contribution in [2.75, 3.05) is 26.8 Å². The Morgan fingerprint density at radius 2 is 2.05 bits per heavy atom. The van der Waals surface area contributed by atoms with Crippen LogP contribution in [0.4, 0.5) is 0 Å². The Labute approximate surface area is 126 Å². The second-order valence-corrected chi connectivity index (χ2v) is 4.62. The normalized spacial score (nSPS) is 9.85. The number of nitrogens with two attached hydrogens (primary N) is 1.